The first-order chi connectivity index (χ1) is 33.3. The fourth-order valence-electron chi connectivity index (χ4n) is 8.60. The van der Waals surface area contributed by atoms with Crippen LogP contribution in [0.25, 0.3) is 22.3 Å². The Morgan fingerprint density at radius 1 is 0.629 bits per heavy atom. The van der Waals surface area contributed by atoms with Crippen molar-refractivity contribution in [3.63, 3.8) is 0 Å². The molecule has 2 atom stereocenters. The molecule has 7 aromatic rings. The van der Waals surface area contributed by atoms with Gasteiger partial charge in [-0.2, -0.15) is 27.8 Å². The summed E-state index contributed by atoms with van der Waals surface area (Å²) < 4.78 is 11.6. The molecule has 0 spiro atoms. The highest BCUT2D eigenvalue weighted by atomic mass is 32.1. The molecule has 2 amide bonds. The summed E-state index contributed by atoms with van der Waals surface area (Å²) in [4.78, 5) is 67.1. The van der Waals surface area contributed by atoms with E-state index in [9.17, 15) is 29.1 Å². The van der Waals surface area contributed by atoms with Crippen LogP contribution in [0.4, 0.5) is 11.4 Å². The highest BCUT2D eigenvalue weighted by molar-refractivity contribution is 7.08. The van der Waals surface area contributed by atoms with Gasteiger partial charge in [0.05, 0.1) is 17.7 Å². The minimum atomic E-state index is -0.913. The average Bonchev–Trinajstić information content (AvgIpc) is 4.19. The zero-order valence-corrected chi connectivity index (χ0v) is 41.9. The Bertz CT molecular complexity index is 3100. The minimum absolute atomic E-state index is 0.0169. The van der Waals surface area contributed by atoms with E-state index in [1.165, 1.54) is 18.7 Å². The topological polar surface area (TPSA) is 159 Å². The Kier molecular flexibility index (Phi) is 13.9. The summed E-state index contributed by atoms with van der Waals surface area (Å²) in [6, 6.07) is 32.7. The van der Waals surface area contributed by atoms with Crippen LogP contribution < -0.4 is 19.3 Å². The number of para-hydroxylation sites is 2. The van der Waals surface area contributed by atoms with Crippen LogP contribution in [-0.4, -0.2) is 57.7 Å². The lowest BCUT2D eigenvalue weighted by atomic mass is 9.82. The third kappa shape index (κ3) is 9.87. The number of carbonyl (C=O) groups excluding carboxylic acids is 5. The quantitative estimate of drug-likeness (QED) is 0.115. The van der Waals surface area contributed by atoms with E-state index in [4.69, 9.17) is 9.47 Å². The second kappa shape index (κ2) is 19.9. The highest BCUT2D eigenvalue weighted by Gasteiger charge is 2.48. The fraction of sp³-hybridized carbons (Fsp3) is 0.250. The molecule has 2 unspecified atom stereocenters. The van der Waals surface area contributed by atoms with Crippen molar-refractivity contribution in [2.45, 2.75) is 72.9 Å². The Balaban J connectivity index is 0.000000188. The van der Waals surface area contributed by atoms with Crippen molar-refractivity contribution in [2.75, 3.05) is 23.0 Å². The van der Waals surface area contributed by atoms with E-state index in [1.807, 2.05) is 82.9 Å². The first-order valence-electron chi connectivity index (χ1n) is 22.8. The number of hydrogen-bond donors (Lipinski definition) is 2. The molecule has 0 fully saturated rings. The Labute approximate surface area is 415 Å². The largest absolute Gasteiger partial charge is 0.503 e. The van der Waals surface area contributed by atoms with E-state index >= 15 is 0 Å². The fourth-order valence-corrected chi connectivity index (χ4v) is 9.93. The molecule has 358 valence electrons. The van der Waals surface area contributed by atoms with Crippen LogP contribution in [0.15, 0.2) is 142 Å². The molecule has 2 aliphatic rings. The highest BCUT2D eigenvalue weighted by Crippen LogP contribution is 2.49. The van der Waals surface area contributed by atoms with Gasteiger partial charge in [0.2, 0.25) is 0 Å². The lowest BCUT2D eigenvalue weighted by Gasteiger charge is -2.30. The first kappa shape index (κ1) is 49.0. The van der Waals surface area contributed by atoms with Gasteiger partial charge in [-0.15, -0.1) is 0 Å². The number of anilines is 2. The summed E-state index contributed by atoms with van der Waals surface area (Å²) in [6.45, 7) is 14.3. The molecule has 0 aliphatic carbocycles. The molecule has 5 heterocycles. The van der Waals surface area contributed by atoms with Crippen molar-refractivity contribution in [1.82, 2.24) is 10.2 Å². The van der Waals surface area contributed by atoms with E-state index in [2.05, 4.69) is 42.4 Å². The van der Waals surface area contributed by atoms with Gasteiger partial charge >= 0.3 is 0 Å². The first-order valence-corrected chi connectivity index (χ1v) is 24.6. The molecule has 2 aliphatic heterocycles. The molecule has 4 aromatic carbocycles. The zero-order chi connectivity index (χ0) is 50.1. The van der Waals surface area contributed by atoms with Crippen LogP contribution in [-0.2, 0) is 24.6 Å². The number of benzene rings is 4. The third-order valence-electron chi connectivity index (χ3n) is 11.9. The number of nitrogens with one attached hydrogen (secondary N) is 1. The zero-order valence-electron chi connectivity index (χ0n) is 40.2. The lowest BCUT2D eigenvalue weighted by Crippen LogP contribution is -2.33. The van der Waals surface area contributed by atoms with E-state index in [1.54, 1.807) is 84.7 Å². The van der Waals surface area contributed by atoms with Gasteiger partial charge in [0, 0.05) is 44.6 Å². The molecule has 14 heteroatoms. The summed E-state index contributed by atoms with van der Waals surface area (Å²) >= 11 is 3.25. The van der Waals surface area contributed by atoms with Crippen LogP contribution in [0.2, 0.25) is 0 Å². The van der Waals surface area contributed by atoms with Crippen LogP contribution in [0, 0.1) is 5.41 Å². The normalized spacial score (nSPS) is 15.7. The number of fused-ring (bicyclic) bond motifs is 1. The third-order valence-corrected chi connectivity index (χ3v) is 13.3. The number of carbonyl (C=O) groups is 5. The second-order valence-corrected chi connectivity index (χ2v) is 20.8. The molecule has 12 nitrogen and oxygen atoms in total. The number of rotatable bonds is 13. The van der Waals surface area contributed by atoms with Crippen molar-refractivity contribution in [1.29, 1.82) is 0 Å². The molecule has 0 bridgehead atoms. The van der Waals surface area contributed by atoms with Gasteiger partial charge in [-0.3, -0.25) is 38.9 Å². The van der Waals surface area contributed by atoms with Gasteiger partial charge in [-0.1, -0.05) is 102 Å². The average molecular weight is 975 g/mol. The number of thiophene rings is 2. The maximum absolute atomic E-state index is 13.8. The summed E-state index contributed by atoms with van der Waals surface area (Å²) in [7, 11) is 0. The number of Topliss-reactive ketones (excluding diaryl/α,β-unsaturated/α-hetero) is 3. The van der Waals surface area contributed by atoms with E-state index in [0.29, 0.717) is 28.4 Å². The van der Waals surface area contributed by atoms with Crippen molar-refractivity contribution >= 4 is 63.2 Å². The van der Waals surface area contributed by atoms with Crippen molar-refractivity contribution in [3.8, 4) is 33.8 Å². The number of ether oxygens (including phenoxy) is 2. The second-order valence-electron chi connectivity index (χ2n) is 19.3. The Hall–Kier alpha value is -7.42. The van der Waals surface area contributed by atoms with Gasteiger partial charge < -0.3 is 14.6 Å². The lowest BCUT2D eigenvalue weighted by molar-refractivity contribution is -0.123. The molecule has 0 saturated heterocycles. The molecule has 2 N–H and O–H groups in total. The van der Waals surface area contributed by atoms with Crippen LogP contribution in [0.5, 0.6) is 11.5 Å². The monoisotopic (exact) mass is 974 g/mol. The van der Waals surface area contributed by atoms with Crippen molar-refractivity contribution in [3.05, 3.63) is 170 Å². The van der Waals surface area contributed by atoms with Gasteiger partial charge in [-0.25, -0.2) is 0 Å². The summed E-state index contributed by atoms with van der Waals surface area (Å²) in [5, 5.41) is 26.7. The number of H-pyrrole nitrogens is 1. The van der Waals surface area contributed by atoms with Crippen LogP contribution in [0.3, 0.4) is 0 Å². The number of aromatic amines is 1. The molecule has 70 heavy (non-hydrogen) atoms. The Morgan fingerprint density at radius 2 is 1.09 bits per heavy atom. The van der Waals surface area contributed by atoms with Gasteiger partial charge in [0.15, 0.2) is 28.8 Å². The molecule has 9 rings (SSSR count). The number of nitrogens with zero attached hydrogens (tertiary/aromatic N) is 3. The predicted octanol–water partition coefficient (Wildman–Crippen LogP) is 12.1. The van der Waals surface area contributed by atoms with Crippen molar-refractivity contribution in [2.24, 2.45) is 5.41 Å². The van der Waals surface area contributed by atoms with E-state index < -0.39 is 29.2 Å². The van der Waals surface area contributed by atoms with E-state index in [-0.39, 0.29) is 47.5 Å². The van der Waals surface area contributed by atoms with E-state index in [0.717, 1.165) is 44.8 Å². The van der Waals surface area contributed by atoms with Gasteiger partial charge in [-0.05, 0) is 106 Å². The predicted molar refractivity (Wildman–Crippen MR) is 275 cm³/mol. The van der Waals surface area contributed by atoms with Crippen LogP contribution in [0.1, 0.15) is 100 Å². The molecular formula is C56H54N4O8S2. The number of aliphatic hydroxyl groups is 1. The summed E-state index contributed by atoms with van der Waals surface area (Å²) in [5.41, 5.74) is 8.04. The summed E-state index contributed by atoms with van der Waals surface area (Å²) in [5.74, 6) is -1.02. The van der Waals surface area contributed by atoms with Crippen LogP contribution >= 0.6 is 22.7 Å². The smallest absolute Gasteiger partial charge is 0.294 e. The molecule has 0 saturated carbocycles. The standard InChI is InChI=1S/C28H27N3O3S.C28H27NO5S/c1-17(32)15-34-22-8-6-5-7-21(22)25-23-24(29-30-26(23)28(2,3)4)27(33)31(25)20-11-9-18(10-12-20)19-13-14-35-16-19;1-17(30)15-34-22-8-6-5-7-21(22)24-23(26(32)28(2,3)4)25(31)27(33)29(24)20-11-9-18(10-12-20)19-13-14-35-16-19/h5-14,16,25H,15H2,1-4H3,(H,29,30);5-14,16,24,31H,15H2,1-4H3. The summed E-state index contributed by atoms with van der Waals surface area (Å²) in [6.07, 6.45) is 0. The SMILES string of the molecule is CC(=O)COc1ccccc1C1C(C(=O)C(C)(C)C)=C(O)C(=O)N1c1ccc(-c2ccsc2)cc1.CC(=O)COc1ccccc1C1c2c(n[nH]c2C(C)(C)C)C(=O)N1c1ccc(-c2ccsc2)cc1. The van der Waals surface area contributed by atoms with Gasteiger partial charge in [0.1, 0.15) is 24.7 Å². The maximum atomic E-state index is 13.8. The van der Waals surface area contributed by atoms with Crippen molar-refractivity contribution < 1.29 is 38.6 Å². The maximum Gasteiger partial charge on any atom is 0.294 e. The molecular weight excluding hydrogens is 921 g/mol. The van der Waals surface area contributed by atoms with Gasteiger partial charge in [0.25, 0.3) is 11.8 Å². The number of aromatic nitrogens is 2. The number of amides is 2. The number of ketones is 3. The Morgan fingerprint density at radius 3 is 1.51 bits per heavy atom. The minimum Gasteiger partial charge on any atom is -0.503 e. The number of aliphatic hydroxyl groups excluding tert-OH is 1. The number of hydrogen-bond acceptors (Lipinski definition) is 11. The molecule has 3 aromatic heterocycles. The molecule has 0 radical (unpaired) electrons.